The fourth-order valence-electron chi connectivity index (χ4n) is 4.17. The summed E-state index contributed by atoms with van der Waals surface area (Å²) in [6, 6.07) is 18.1. The van der Waals surface area contributed by atoms with Gasteiger partial charge < -0.3 is 0 Å². The molecule has 0 fully saturated rings. The molecule has 6 aromatic rings. The number of non-ortho nitro benzene ring substituents is 1. The number of rotatable bonds is 1. The molecular formula is C20H9NO2S. The summed E-state index contributed by atoms with van der Waals surface area (Å²) in [6.07, 6.45) is 0. The molecule has 4 heteroatoms. The summed E-state index contributed by atoms with van der Waals surface area (Å²) in [5, 5.41) is 20.2. The Balaban J connectivity index is 2.16. The van der Waals surface area contributed by atoms with Crippen molar-refractivity contribution in [1.29, 1.82) is 0 Å². The number of fused-ring (bicyclic) bond motifs is 1. The lowest BCUT2D eigenvalue weighted by molar-refractivity contribution is -0.383. The number of hydrogen-bond donors (Lipinski definition) is 0. The van der Waals surface area contributed by atoms with E-state index in [4.69, 9.17) is 0 Å². The molecule has 0 saturated heterocycles. The molecule has 1 aromatic heterocycles. The molecule has 5 aromatic carbocycles. The molecule has 0 aliphatic carbocycles. The van der Waals surface area contributed by atoms with Gasteiger partial charge in [0.05, 0.1) is 10.3 Å². The molecule has 24 heavy (non-hydrogen) atoms. The number of nitro groups is 1. The Morgan fingerprint density at radius 3 is 2.12 bits per heavy atom. The van der Waals surface area contributed by atoms with Gasteiger partial charge in [0.15, 0.2) is 0 Å². The van der Waals surface area contributed by atoms with Crippen LogP contribution in [0, 0.1) is 10.1 Å². The standard InChI is InChI=1S/C20H9NO2S/c22-21(23)13-7-4-11-6-9-15-20-17(11)18(13)12-3-1-2-10-5-8-14(24-15)19(20)16(10)12/h1-9H. The van der Waals surface area contributed by atoms with E-state index in [1.807, 2.05) is 18.2 Å². The van der Waals surface area contributed by atoms with Crippen LogP contribution in [-0.2, 0) is 0 Å². The van der Waals surface area contributed by atoms with Crippen molar-refractivity contribution < 1.29 is 4.92 Å². The van der Waals surface area contributed by atoms with Gasteiger partial charge in [-0.25, -0.2) is 0 Å². The normalized spacial score (nSPS) is 12.5. The van der Waals surface area contributed by atoms with E-state index in [9.17, 15) is 10.1 Å². The molecule has 0 bridgehead atoms. The molecule has 0 spiro atoms. The molecule has 112 valence electrons. The lowest BCUT2D eigenvalue weighted by Crippen LogP contribution is -1.92. The third-order valence-corrected chi connectivity index (χ3v) is 6.19. The Morgan fingerprint density at radius 2 is 1.38 bits per heavy atom. The Bertz CT molecular complexity index is 1430. The van der Waals surface area contributed by atoms with Gasteiger partial charge in [-0.05, 0) is 39.7 Å². The van der Waals surface area contributed by atoms with Crippen LogP contribution in [0.1, 0.15) is 0 Å². The second-order valence-corrected chi connectivity index (χ2v) is 7.28. The molecule has 3 nitrogen and oxygen atoms in total. The van der Waals surface area contributed by atoms with Gasteiger partial charge in [-0.3, -0.25) is 10.1 Å². The van der Waals surface area contributed by atoms with Crippen LogP contribution in [0.4, 0.5) is 5.69 Å². The van der Waals surface area contributed by atoms with Crippen LogP contribution in [0.3, 0.4) is 0 Å². The fraction of sp³-hybridized carbons (Fsp3) is 0. The maximum absolute atomic E-state index is 11.7. The number of benzene rings is 5. The first-order chi connectivity index (χ1) is 11.7. The van der Waals surface area contributed by atoms with Crippen molar-refractivity contribution in [2.75, 3.05) is 0 Å². The molecule has 1 heterocycles. The zero-order chi connectivity index (χ0) is 16.0. The minimum Gasteiger partial charge on any atom is -0.258 e. The summed E-state index contributed by atoms with van der Waals surface area (Å²) in [6.45, 7) is 0. The first-order valence-corrected chi connectivity index (χ1v) is 8.54. The second kappa shape index (κ2) is 3.91. The van der Waals surface area contributed by atoms with E-state index >= 15 is 0 Å². The fourth-order valence-corrected chi connectivity index (χ4v) is 5.29. The molecule has 0 aliphatic rings. The predicted octanol–water partition coefficient (Wildman–Crippen LogP) is 6.30. The first kappa shape index (κ1) is 12.4. The van der Waals surface area contributed by atoms with Crippen molar-refractivity contribution in [2.24, 2.45) is 0 Å². The van der Waals surface area contributed by atoms with E-state index in [0.717, 1.165) is 32.3 Å². The smallest absolute Gasteiger partial charge is 0.258 e. The summed E-state index contributed by atoms with van der Waals surface area (Å²) < 4.78 is 2.44. The molecule has 0 atom stereocenters. The van der Waals surface area contributed by atoms with Crippen molar-refractivity contribution in [3.05, 3.63) is 64.7 Å². The molecule has 0 N–H and O–H groups in total. The molecule has 0 saturated carbocycles. The lowest BCUT2D eigenvalue weighted by Gasteiger charge is -2.13. The predicted molar refractivity (Wildman–Crippen MR) is 101 cm³/mol. The minimum atomic E-state index is -0.260. The Morgan fingerprint density at radius 1 is 0.708 bits per heavy atom. The van der Waals surface area contributed by atoms with Gasteiger partial charge in [0.2, 0.25) is 0 Å². The van der Waals surface area contributed by atoms with Crippen LogP contribution in [0.15, 0.2) is 54.6 Å². The molecule has 0 unspecified atom stereocenters. The Labute approximate surface area is 139 Å². The van der Waals surface area contributed by atoms with Crippen LogP contribution in [0.2, 0.25) is 0 Å². The summed E-state index contributed by atoms with van der Waals surface area (Å²) in [5.41, 5.74) is 0.191. The van der Waals surface area contributed by atoms with Crippen molar-refractivity contribution in [2.45, 2.75) is 0 Å². The highest BCUT2D eigenvalue weighted by molar-refractivity contribution is 7.26. The number of nitrogens with zero attached hydrogens (tertiary/aromatic N) is 1. The van der Waals surface area contributed by atoms with Crippen LogP contribution >= 0.6 is 11.3 Å². The zero-order valence-electron chi connectivity index (χ0n) is 12.4. The van der Waals surface area contributed by atoms with Gasteiger partial charge in [-0.1, -0.05) is 30.3 Å². The van der Waals surface area contributed by atoms with Crippen molar-refractivity contribution in [3.8, 4) is 0 Å². The van der Waals surface area contributed by atoms with Crippen molar-refractivity contribution in [3.63, 3.8) is 0 Å². The van der Waals surface area contributed by atoms with Crippen LogP contribution in [-0.4, -0.2) is 4.92 Å². The van der Waals surface area contributed by atoms with Crippen molar-refractivity contribution in [1.82, 2.24) is 0 Å². The summed E-state index contributed by atoms with van der Waals surface area (Å²) in [7, 11) is 0. The first-order valence-electron chi connectivity index (χ1n) is 7.72. The van der Waals surface area contributed by atoms with E-state index < -0.39 is 0 Å². The molecular weight excluding hydrogens is 318 g/mol. The highest BCUT2D eigenvalue weighted by Gasteiger charge is 2.23. The summed E-state index contributed by atoms with van der Waals surface area (Å²) in [4.78, 5) is 11.4. The SMILES string of the molecule is O=[N+]([O-])c1ccc2ccc3sc4ccc5cccc6c1c2c3c4c56. The van der Waals surface area contributed by atoms with E-state index in [-0.39, 0.29) is 10.6 Å². The molecule has 0 radical (unpaired) electrons. The van der Waals surface area contributed by atoms with E-state index in [2.05, 4.69) is 30.3 Å². The average Bonchev–Trinajstić information content (AvgIpc) is 2.99. The van der Waals surface area contributed by atoms with E-state index in [0.29, 0.717) is 0 Å². The third-order valence-electron chi connectivity index (χ3n) is 5.07. The van der Waals surface area contributed by atoms with Gasteiger partial charge in [0, 0.05) is 31.6 Å². The maximum atomic E-state index is 11.7. The topological polar surface area (TPSA) is 43.1 Å². The number of hydrogen-bond acceptors (Lipinski definition) is 3. The molecule has 6 rings (SSSR count). The minimum absolute atomic E-state index is 0.191. The maximum Gasteiger partial charge on any atom is 0.277 e. The Hall–Kier alpha value is -2.98. The largest absolute Gasteiger partial charge is 0.277 e. The monoisotopic (exact) mass is 327 g/mol. The second-order valence-electron chi connectivity index (χ2n) is 6.20. The quantitative estimate of drug-likeness (QED) is 0.154. The number of thiophene rings is 1. The van der Waals surface area contributed by atoms with Gasteiger partial charge >= 0.3 is 0 Å². The van der Waals surface area contributed by atoms with Crippen LogP contribution in [0.5, 0.6) is 0 Å². The molecule has 0 aliphatic heterocycles. The molecule has 0 amide bonds. The van der Waals surface area contributed by atoms with Gasteiger partial charge in [-0.2, -0.15) is 0 Å². The van der Waals surface area contributed by atoms with E-state index in [1.54, 1.807) is 17.4 Å². The summed E-state index contributed by atoms with van der Waals surface area (Å²) >= 11 is 1.76. The highest BCUT2D eigenvalue weighted by atomic mass is 32.1. The van der Waals surface area contributed by atoms with Gasteiger partial charge in [0.1, 0.15) is 0 Å². The van der Waals surface area contributed by atoms with Crippen molar-refractivity contribution >= 4 is 69.5 Å². The summed E-state index contributed by atoms with van der Waals surface area (Å²) in [5.74, 6) is 0. The number of nitro benzene ring substituents is 1. The highest BCUT2D eigenvalue weighted by Crippen LogP contribution is 2.50. The lowest BCUT2D eigenvalue weighted by atomic mass is 9.89. The average molecular weight is 327 g/mol. The Kier molecular flexibility index (Phi) is 2.03. The van der Waals surface area contributed by atoms with Crippen LogP contribution in [0.25, 0.3) is 52.5 Å². The zero-order valence-corrected chi connectivity index (χ0v) is 13.2. The third kappa shape index (κ3) is 1.26. The van der Waals surface area contributed by atoms with E-state index in [1.165, 1.54) is 20.2 Å². The van der Waals surface area contributed by atoms with Crippen LogP contribution < -0.4 is 0 Å². The van der Waals surface area contributed by atoms with Gasteiger partial charge in [-0.15, -0.1) is 11.3 Å². The van der Waals surface area contributed by atoms with Gasteiger partial charge in [0.25, 0.3) is 5.69 Å².